The van der Waals surface area contributed by atoms with E-state index in [1.807, 2.05) is 18.2 Å². The topological polar surface area (TPSA) is 12.5 Å². The highest BCUT2D eigenvalue weighted by molar-refractivity contribution is 5.42. The molecule has 0 aliphatic carbocycles. The molecule has 2 rings (SSSR count). The SMILES string of the molecule is C#Cc1ccccc1C1OC1CCCCC. The molecule has 1 aromatic rings. The van der Waals surface area contributed by atoms with Crippen LogP contribution in [0.3, 0.4) is 0 Å². The second-order valence-corrected chi connectivity index (χ2v) is 4.32. The summed E-state index contributed by atoms with van der Waals surface area (Å²) in [4.78, 5) is 0. The van der Waals surface area contributed by atoms with E-state index in [9.17, 15) is 0 Å². The summed E-state index contributed by atoms with van der Waals surface area (Å²) in [6.45, 7) is 2.22. The van der Waals surface area contributed by atoms with Gasteiger partial charge in [0.2, 0.25) is 0 Å². The summed E-state index contributed by atoms with van der Waals surface area (Å²) < 4.78 is 5.70. The third kappa shape index (κ3) is 2.46. The van der Waals surface area contributed by atoms with Gasteiger partial charge in [-0.25, -0.2) is 0 Å². The van der Waals surface area contributed by atoms with E-state index >= 15 is 0 Å². The molecule has 1 fully saturated rings. The van der Waals surface area contributed by atoms with E-state index in [-0.39, 0.29) is 6.10 Å². The molecular weight excluding hydrogens is 196 g/mol. The van der Waals surface area contributed by atoms with Crippen LogP contribution in [0.2, 0.25) is 0 Å². The number of benzene rings is 1. The molecule has 1 saturated heterocycles. The molecule has 16 heavy (non-hydrogen) atoms. The van der Waals surface area contributed by atoms with Gasteiger partial charge < -0.3 is 4.74 Å². The van der Waals surface area contributed by atoms with E-state index in [0.29, 0.717) is 6.10 Å². The number of hydrogen-bond acceptors (Lipinski definition) is 1. The molecule has 1 aromatic carbocycles. The number of rotatable bonds is 5. The lowest BCUT2D eigenvalue weighted by atomic mass is 10.0. The number of ether oxygens (including phenoxy) is 1. The molecule has 0 bridgehead atoms. The second kappa shape index (κ2) is 5.18. The molecule has 1 aliphatic heterocycles. The van der Waals surface area contributed by atoms with Crippen LogP contribution in [0.5, 0.6) is 0 Å². The third-order valence-electron chi connectivity index (χ3n) is 3.10. The van der Waals surface area contributed by atoms with Crippen molar-refractivity contribution in [2.45, 2.75) is 44.8 Å². The predicted molar refractivity (Wildman–Crippen MR) is 66.1 cm³/mol. The Hall–Kier alpha value is -1.26. The van der Waals surface area contributed by atoms with Crippen molar-refractivity contribution < 1.29 is 4.74 Å². The highest BCUT2D eigenvalue weighted by atomic mass is 16.6. The first kappa shape index (κ1) is 11.2. The summed E-state index contributed by atoms with van der Waals surface area (Å²) in [5.74, 6) is 2.72. The Morgan fingerprint density at radius 1 is 1.31 bits per heavy atom. The number of epoxide rings is 1. The largest absolute Gasteiger partial charge is 0.364 e. The van der Waals surface area contributed by atoms with Gasteiger partial charge >= 0.3 is 0 Å². The summed E-state index contributed by atoms with van der Waals surface area (Å²) in [7, 11) is 0. The lowest BCUT2D eigenvalue weighted by molar-refractivity contribution is 0.361. The van der Waals surface area contributed by atoms with Crippen LogP contribution in [0, 0.1) is 12.3 Å². The number of unbranched alkanes of at least 4 members (excludes halogenated alkanes) is 2. The van der Waals surface area contributed by atoms with Crippen LogP contribution in [0.15, 0.2) is 24.3 Å². The monoisotopic (exact) mass is 214 g/mol. The highest BCUT2D eigenvalue weighted by Crippen LogP contribution is 2.42. The van der Waals surface area contributed by atoms with E-state index in [4.69, 9.17) is 11.2 Å². The van der Waals surface area contributed by atoms with E-state index in [1.54, 1.807) is 0 Å². The van der Waals surface area contributed by atoms with Gasteiger partial charge in [0.25, 0.3) is 0 Å². The Kier molecular flexibility index (Phi) is 3.64. The number of terminal acetylenes is 1. The van der Waals surface area contributed by atoms with E-state index in [1.165, 1.54) is 24.8 Å². The van der Waals surface area contributed by atoms with Gasteiger partial charge in [0.15, 0.2) is 0 Å². The van der Waals surface area contributed by atoms with Gasteiger partial charge in [-0.2, -0.15) is 0 Å². The molecule has 0 radical (unpaired) electrons. The maximum absolute atomic E-state index is 5.70. The fourth-order valence-corrected chi connectivity index (χ4v) is 2.11. The Morgan fingerprint density at radius 2 is 2.12 bits per heavy atom. The Morgan fingerprint density at radius 3 is 2.88 bits per heavy atom. The standard InChI is InChI=1S/C15H18O/c1-3-5-6-11-14-15(16-14)13-10-8-7-9-12(13)4-2/h2,7-10,14-15H,3,5-6,11H2,1H3. The zero-order valence-corrected chi connectivity index (χ0v) is 9.78. The highest BCUT2D eigenvalue weighted by Gasteiger charge is 2.40. The van der Waals surface area contributed by atoms with Crippen molar-refractivity contribution in [3.8, 4) is 12.3 Å². The van der Waals surface area contributed by atoms with Crippen LogP contribution >= 0.6 is 0 Å². The quantitative estimate of drug-likeness (QED) is 0.414. The zero-order chi connectivity index (χ0) is 11.4. The average Bonchev–Trinajstić information content (AvgIpc) is 3.09. The molecule has 1 heteroatoms. The van der Waals surface area contributed by atoms with E-state index < -0.39 is 0 Å². The second-order valence-electron chi connectivity index (χ2n) is 4.32. The molecule has 0 aromatic heterocycles. The van der Waals surface area contributed by atoms with Gasteiger partial charge in [0.1, 0.15) is 6.10 Å². The van der Waals surface area contributed by atoms with Crippen LogP contribution in [0.4, 0.5) is 0 Å². The summed E-state index contributed by atoms with van der Waals surface area (Å²) in [6, 6.07) is 8.08. The molecule has 2 unspecified atom stereocenters. The molecule has 84 valence electrons. The normalized spacial score (nSPS) is 22.8. The summed E-state index contributed by atoms with van der Waals surface area (Å²) in [6.07, 6.45) is 11.1. The first-order valence-electron chi connectivity index (χ1n) is 6.07. The fourth-order valence-electron chi connectivity index (χ4n) is 2.11. The molecule has 1 aliphatic rings. The molecule has 0 N–H and O–H groups in total. The number of hydrogen-bond donors (Lipinski definition) is 0. The van der Waals surface area contributed by atoms with Gasteiger partial charge in [-0.3, -0.25) is 0 Å². The van der Waals surface area contributed by atoms with Crippen LogP contribution < -0.4 is 0 Å². The molecule has 1 nitrogen and oxygen atoms in total. The Labute approximate surface area is 97.8 Å². The lowest BCUT2D eigenvalue weighted by Gasteiger charge is -2.00. The zero-order valence-electron chi connectivity index (χ0n) is 9.78. The Balaban J connectivity index is 1.93. The van der Waals surface area contributed by atoms with Crippen molar-refractivity contribution in [1.82, 2.24) is 0 Å². The maximum atomic E-state index is 5.70. The van der Waals surface area contributed by atoms with Crippen molar-refractivity contribution in [2.24, 2.45) is 0 Å². The van der Waals surface area contributed by atoms with Gasteiger partial charge in [-0.05, 0) is 18.1 Å². The van der Waals surface area contributed by atoms with Crippen LogP contribution in [0.1, 0.15) is 49.8 Å². The summed E-state index contributed by atoms with van der Waals surface area (Å²) in [5.41, 5.74) is 2.16. The minimum absolute atomic E-state index is 0.254. The van der Waals surface area contributed by atoms with Crippen molar-refractivity contribution in [2.75, 3.05) is 0 Å². The van der Waals surface area contributed by atoms with Crippen molar-refractivity contribution in [3.63, 3.8) is 0 Å². The minimum atomic E-state index is 0.254. The molecule has 0 saturated carbocycles. The van der Waals surface area contributed by atoms with Gasteiger partial charge in [-0.15, -0.1) is 6.42 Å². The van der Waals surface area contributed by atoms with Crippen LogP contribution in [-0.4, -0.2) is 6.10 Å². The molecule has 1 heterocycles. The van der Waals surface area contributed by atoms with E-state index in [2.05, 4.69) is 18.9 Å². The lowest BCUT2D eigenvalue weighted by Crippen LogP contribution is -1.92. The maximum Gasteiger partial charge on any atom is 0.110 e. The Bertz CT molecular complexity index is 389. The predicted octanol–water partition coefficient (Wildman–Crippen LogP) is 3.69. The van der Waals surface area contributed by atoms with Crippen molar-refractivity contribution in [1.29, 1.82) is 0 Å². The minimum Gasteiger partial charge on any atom is -0.364 e. The van der Waals surface area contributed by atoms with Crippen LogP contribution in [0.25, 0.3) is 0 Å². The average molecular weight is 214 g/mol. The van der Waals surface area contributed by atoms with Crippen molar-refractivity contribution >= 4 is 0 Å². The third-order valence-corrected chi connectivity index (χ3v) is 3.10. The van der Waals surface area contributed by atoms with E-state index in [0.717, 1.165) is 12.0 Å². The smallest absolute Gasteiger partial charge is 0.110 e. The van der Waals surface area contributed by atoms with Gasteiger partial charge in [0, 0.05) is 5.56 Å². The molecule has 0 spiro atoms. The fraction of sp³-hybridized carbons (Fsp3) is 0.467. The molecule has 0 amide bonds. The molecule has 2 atom stereocenters. The van der Waals surface area contributed by atoms with Crippen LogP contribution in [-0.2, 0) is 4.74 Å². The first-order valence-corrected chi connectivity index (χ1v) is 6.07. The van der Waals surface area contributed by atoms with Gasteiger partial charge in [0.05, 0.1) is 6.10 Å². The van der Waals surface area contributed by atoms with Gasteiger partial charge in [-0.1, -0.05) is 50.3 Å². The molecular formula is C15H18O. The first-order chi connectivity index (χ1) is 7.86. The van der Waals surface area contributed by atoms with Crippen molar-refractivity contribution in [3.05, 3.63) is 35.4 Å². The summed E-state index contributed by atoms with van der Waals surface area (Å²) in [5, 5.41) is 0. The summed E-state index contributed by atoms with van der Waals surface area (Å²) >= 11 is 0.